The molecule has 2 aromatic carbocycles. The van der Waals surface area contributed by atoms with Crippen LogP contribution in [0.15, 0.2) is 60.7 Å². The summed E-state index contributed by atoms with van der Waals surface area (Å²) in [6.45, 7) is 14.9. The number of aliphatic hydroxyl groups is 1. The second-order valence-electron chi connectivity index (χ2n) is 16.1. The first-order chi connectivity index (χ1) is 26.4. The van der Waals surface area contributed by atoms with Crippen molar-refractivity contribution in [2.75, 3.05) is 7.11 Å². The lowest BCUT2D eigenvalue weighted by Gasteiger charge is -2.30. The standard InChI is InChI=1S/C43H65N5O8/c1-26(2)22-33(45-37(51)23-27(3)4)40(52)47-38(28(5)6)42(54)46-32(24-30-16-12-10-13-17-30)35(49)20-21-36(50)44-34(25-31-18-14-11-15-19-31)41(53)48-39(29(7)8)43(55)56-9/h10-19,26-29,32-35,38-39,49H,20-25H2,1-9H3,(H,44,50)(H,45,51)(H,46,54)(H,47,52)(H,48,53)/t32?,33-,34?,35?,38-,39-/m0/s1. The fourth-order valence-corrected chi connectivity index (χ4v) is 6.22. The molecule has 56 heavy (non-hydrogen) atoms. The van der Waals surface area contributed by atoms with Gasteiger partial charge in [-0.1, -0.05) is 116 Å². The smallest absolute Gasteiger partial charge is 0.328 e. The van der Waals surface area contributed by atoms with Gasteiger partial charge in [0.05, 0.1) is 19.3 Å². The van der Waals surface area contributed by atoms with Crippen LogP contribution in [0.2, 0.25) is 0 Å². The number of rotatable bonds is 23. The minimum atomic E-state index is -1.19. The van der Waals surface area contributed by atoms with Crippen molar-refractivity contribution in [3.8, 4) is 0 Å². The molecule has 0 aliphatic heterocycles. The Morgan fingerprint density at radius 3 is 1.59 bits per heavy atom. The molecular formula is C43H65N5O8. The van der Waals surface area contributed by atoms with E-state index >= 15 is 0 Å². The van der Waals surface area contributed by atoms with Gasteiger partial charge in [-0.15, -0.1) is 0 Å². The Bertz CT molecular complexity index is 1550. The van der Waals surface area contributed by atoms with Gasteiger partial charge in [-0.3, -0.25) is 24.0 Å². The molecule has 0 fully saturated rings. The molecule has 6 atom stereocenters. The van der Waals surface area contributed by atoms with Crippen LogP contribution in [0.1, 0.15) is 92.2 Å². The number of hydrogen-bond acceptors (Lipinski definition) is 8. The molecule has 0 aliphatic rings. The molecule has 3 unspecified atom stereocenters. The third-order valence-corrected chi connectivity index (χ3v) is 9.31. The van der Waals surface area contributed by atoms with Gasteiger partial charge in [0.15, 0.2) is 0 Å². The van der Waals surface area contributed by atoms with E-state index < -0.39 is 65.9 Å². The van der Waals surface area contributed by atoms with Gasteiger partial charge in [-0.2, -0.15) is 0 Å². The van der Waals surface area contributed by atoms with Gasteiger partial charge < -0.3 is 36.4 Å². The minimum Gasteiger partial charge on any atom is -0.467 e. The van der Waals surface area contributed by atoms with E-state index in [2.05, 4.69) is 26.6 Å². The second kappa shape index (κ2) is 24.0. The van der Waals surface area contributed by atoms with Crippen LogP contribution in [-0.2, 0) is 46.3 Å². The van der Waals surface area contributed by atoms with Gasteiger partial charge in [0.1, 0.15) is 24.2 Å². The van der Waals surface area contributed by atoms with Crippen LogP contribution in [0, 0.1) is 23.7 Å². The number of carbonyl (C=O) groups is 6. The van der Waals surface area contributed by atoms with E-state index in [0.29, 0.717) is 6.42 Å². The predicted octanol–water partition coefficient (Wildman–Crippen LogP) is 3.61. The Morgan fingerprint density at radius 2 is 1.09 bits per heavy atom. The quantitative estimate of drug-likeness (QED) is 0.0922. The van der Waals surface area contributed by atoms with Crippen molar-refractivity contribution in [2.45, 2.75) is 130 Å². The Morgan fingerprint density at radius 1 is 0.589 bits per heavy atom. The van der Waals surface area contributed by atoms with Gasteiger partial charge >= 0.3 is 5.97 Å². The maximum absolute atomic E-state index is 13.9. The molecular weight excluding hydrogens is 714 g/mol. The molecule has 5 amide bonds. The highest BCUT2D eigenvalue weighted by molar-refractivity contribution is 5.93. The molecule has 0 saturated carbocycles. The van der Waals surface area contributed by atoms with Crippen LogP contribution in [-0.4, -0.2) is 84.0 Å². The Balaban J connectivity index is 2.25. The zero-order valence-corrected chi connectivity index (χ0v) is 34.6. The van der Waals surface area contributed by atoms with Crippen LogP contribution in [0.3, 0.4) is 0 Å². The molecule has 0 aromatic heterocycles. The van der Waals surface area contributed by atoms with Crippen molar-refractivity contribution in [2.24, 2.45) is 23.7 Å². The molecule has 13 heteroatoms. The first-order valence-corrected chi connectivity index (χ1v) is 19.7. The van der Waals surface area contributed by atoms with Crippen LogP contribution in [0.4, 0.5) is 0 Å². The number of amides is 5. The molecule has 2 aromatic rings. The van der Waals surface area contributed by atoms with Gasteiger partial charge in [0.2, 0.25) is 29.5 Å². The lowest BCUT2D eigenvalue weighted by Crippen LogP contribution is -2.58. The summed E-state index contributed by atoms with van der Waals surface area (Å²) in [4.78, 5) is 79.4. The van der Waals surface area contributed by atoms with E-state index in [1.54, 1.807) is 27.7 Å². The highest BCUT2D eigenvalue weighted by Crippen LogP contribution is 2.15. The summed E-state index contributed by atoms with van der Waals surface area (Å²) in [6.07, 6.45) is -0.387. The lowest BCUT2D eigenvalue weighted by molar-refractivity contribution is -0.146. The monoisotopic (exact) mass is 779 g/mol. The average molecular weight is 780 g/mol. The summed E-state index contributed by atoms with van der Waals surface area (Å²) in [7, 11) is 1.24. The lowest BCUT2D eigenvalue weighted by atomic mass is 9.95. The first kappa shape index (κ1) is 47.4. The van der Waals surface area contributed by atoms with Crippen LogP contribution < -0.4 is 26.6 Å². The van der Waals surface area contributed by atoms with Crippen LogP contribution in [0.25, 0.3) is 0 Å². The number of ether oxygens (including phenoxy) is 1. The minimum absolute atomic E-state index is 0.0584. The van der Waals surface area contributed by atoms with Gasteiger partial charge in [-0.25, -0.2) is 4.79 Å². The van der Waals surface area contributed by atoms with Gasteiger partial charge in [0, 0.05) is 19.3 Å². The van der Waals surface area contributed by atoms with E-state index in [-0.39, 0.29) is 61.7 Å². The molecule has 0 saturated heterocycles. The number of aliphatic hydroxyl groups excluding tert-OH is 1. The largest absolute Gasteiger partial charge is 0.467 e. The molecule has 0 heterocycles. The van der Waals surface area contributed by atoms with E-state index in [9.17, 15) is 33.9 Å². The zero-order valence-electron chi connectivity index (χ0n) is 34.6. The van der Waals surface area contributed by atoms with Gasteiger partial charge in [-0.05, 0) is 54.1 Å². The molecule has 0 bridgehead atoms. The molecule has 0 radical (unpaired) electrons. The Kier molecular flexibility index (Phi) is 20.3. The molecule has 6 N–H and O–H groups in total. The summed E-state index contributed by atoms with van der Waals surface area (Å²) in [5.41, 5.74) is 1.62. The fourth-order valence-electron chi connectivity index (χ4n) is 6.22. The summed E-state index contributed by atoms with van der Waals surface area (Å²) in [6, 6.07) is 13.8. The molecule has 13 nitrogen and oxygen atoms in total. The number of methoxy groups -OCH3 is 1. The van der Waals surface area contributed by atoms with Crippen LogP contribution in [0.5, 0.6) is 0 Å². The van der Waals surface area contributed by atoms with Crippen molar-refractivity contribution in [3.05, 3.63) is 71.8 Å². The van der Waals surface area contributed by atoms with E-state index in [0.717, 1.165) is 11.1 Å². The Labute approximate surface area is 332 Å². The second-order valence-corrected chi connectivity index (χ2v) is 16.1. The summed E-state index contributed by atoms with van der Waals surface area (Å²) >= 11 is 0. The molecule has 0 aliphatic carbocycles. The number of carbonyl (C=O) groups excluding carboxylic acids is 6. The zero-order chi connectivity index (χ0) is 41.9. The van der Waals surface area contributed by atoms with Gasteiger partial charge in [0.25, 0.3) is 0 Å². The third kappa shape index (κ3) is 16.9. The summed E-state index contributed by atoms with van der Waals surface area (Å²) < 4.78 is 4.87. The predicted molar refractivity (Wildman–Crippen MR) is 216 cm³/mol. The molecule has 310 valence electrons. The van der Waals surface area contributed by atoms with Crippen molar-refractivity contribution >= 4 is 35.5 Å². The van der Waals surface area contributed by atoms with E-state index in [1.165, 1.54) is 7.11 Å². The number of benzene rings is 2. The molecule has 0 spiro atoms. The number of esters is 1. The van der Waals surface area contributed by atoms with E-state index in [1.807, 2.05) is 88.4 Å². The van der Waals surface area contributed by atoms with Crippen LogP contribution >= 0.6 is 0 Å². The highest BCUT2D eigenvalue weighted by atomic mass is 16.5. The Hall–Kier alpha value is -4.78. The summed E-state index contributed by atoms with van der Waals surface area (Å²) in [5.74, 6) is -3.30. The van der Waals surface area contributed by atoms with Crippen molar-refractivity contribution < 1.29 is 38.6 Å². The normalized spacial score (nSPS) is 14.6. The fraction of sp³-hybridized carbons (Fsp3) is 0.581. The number of nitrogens with one attached hydrogen (secondary N) is 5. The van der Waals surface area contributed by atoms with E-state index in [4.69, 9.17) is 4.74 Å². The topological polar surface area (TPSA) is 192 Å². The van der Waals surface area contributed by atoms with Crippen molar-refractivity contribution in [1.29, 1.82) is 0 Å². The SMILES string of the molecule is COC(=O)[C@@H](NC(=O)C(Cc1ccccc1)NC(=O)CCC(O)C(Cc1ccccc1)NC(=O)[C@@H](NC(=O)[C@H](CC(C)C)NC(=O)CC(C)C)C(C)C)C(C)C. The highest BCUT2D eigenvalue weighted by Gasteiger charge is 2.33. The van der Waals surface area contributed by atoms with Crippen molar-refractivity contribution in [1.82, 2.24) is 26.6 Å². The first-order valence-electron chi connectivity index (χ1n) is 19.7. The third-order valence-electron chi connectivity index (χ3n) is 9.31. The average Bonchev–Trinajstić information content (AvgIpc) is 3.13. The van der Waals surface area contributed by atoms with Crippen molar-refractivity contribution in [3.63, 3.8) is 0 Å². The maximum Gasteiger partial charge on any atom is 0.328 e. The molecule has 2 rings (SSSR count). The number of hydrogen-bond donors (Lipinski definition) is 6. The maximum atomic E-state index is 13.9. The summed E-state index contributed by atoms with van der Waals surface area (Å²) in [5, 5.41) is 25.6.